The molecule has 0 radical (unpaired) electrons. The topological polar surface area (TPSA) is 94.2 Å². The number of halogens is 1. The zero-order chi connectivity index (χ0) is 17.6. The van der Waals surface area contributed by atoms with E-state index in [1.165, 1.54) is 30.5 Å². The van der Waals surface area contributed by atoms with Crippen LogP contribution in [0.25, 0.3) is 0 Å². The van der Waals surface area contributed by atoms with Gasteiger partial charge in [-0.05, 0) is 54.6 Å². The van der Waals surface area contributed by atoms with Crippen LogP contribution in [0.5, 0.6) is 0 Å². The normalized spacial score (nSPS) is 11.0. The Morgan fingerprint density at radius 1 is 1.08 bits per heavy atom. The van der Waals surface area contributed by atoms with Gasteiger partial charge in [0.25, 0.3) is 0 Å². The van der Waals surface area contributed by atoms with Crippen LogP contribution in [0.4, 0.5) is 16.0 Å². The summed E-state index contributed by atoms with van der Waals surface area (Å²) in [6, 6.07) is 16.0. The van der Waals surface area contributed by atoms with E-state index in [0.717, 1.165) is 0 Å². The number of hydrogen-bond acceptors (Lipinski definition) is 6. The third-order valence-electron chi connectivity index (χ3n) is 3.39. The number of hydrogen-bond donors (Lipinski definition) is 2. The zero-order valence-corrected chi connectivity index (χ0v) is 12.9. The lowest BCUT2D eigenvalue weighted by atomic mass is 10.1. The van der Waals surface area contributed by atoms with Crippen molar-refractivity contribution in [2.75, 3.05) is 5.32 Å². The molecule has 0 aliphatic rings. The van der Waals surface area contributed by atoms with E-state index >= 15 is 0 Å². The van der Waals surface area contributed by atoms with Crippen LogP contribution in [0.15, 0.2) is 65.9 Å². The molecule has 1 aromatic heterocycles. The molecule has 3 aromatic rings. The van der Waals surface area contributed by atoms with Crippen LogP contribution in [0.1, 0.15) is 16.8 Å². The molecule has 0 saturated carbocycles. The molecular weight excluding hydrogens is 321 g/mol. The van der Waals surface area contributed by atoms with Crippen molar-refractivity contribution < 1.29 is 9.60 Å². The maximum absolute atomic E-state index is 13.1. The average molecular weight is 333 g/mol. The van der Waals surface area contributed by atoms with E-state index in [4.69, 9.17) is 5.26 Å². The Kier molecular flexibility index (Phi) is 4.62. The molecule has 0 aliphatic heterocycles. The molecule has 0 bridgehead atoms. The molecule has 3 rings (SSSR count). The van der Waals surface area contributed by atoms with Gasteiger partial charge in [0.05, 0.1) is 17.3 Å². The van der Waals surface area contributed by atoms with Gasteiger partial charge < -0.3 is 10.5 Å². The van der Waals surface area contributed by atoms with E-state index < -0.39 is 0 Å². The summed E-state index contributed by atoms with van der Waals surface area (Å²) in [5, 5.41) is 24.4. The average Bonchev–Trinajstić information content (AvgIpc) is 2.65. The first-order chi connectivity index (χ1) is 12.2. The minimum Gasteiger partial charge on any atom is -0.410 e. The van der Waals surface area contributed by atoms with Gasteiger partial charge in [0.1, 0.15) is 11.5 Å². The molecule has 0 unspecified atom stereocenters. The molecular formula is C18H12FN5O. The highest BCUT2D eigenvalue weighted by atomic mass is 19.1. The van der Waals surface area contributed by atoms with Crippen LogP contribution in [0, 0.1) is 17.1 Å². The van der Waals surface area contributed by atoms with E-state index in [1.807, 2.05) is 6.07 Å². The van der Waals surface area contributed by atoms with Crippen LogP contribution in [-0.4, -0.2) is 20.9 Å². The highest BCUT2D eigenvalue weighted by Gasteiger charge is 2.11. The lowest BCUT2D eigenvalue weighted by Gasteiger charge is -2.08. The predicted octanol–water partition coefficient (Wildman–Crippen LogP) is 3.46. The lowest BCUT2D eigenvalue weighted by Crippen LogP contribution is -2.08. The van der Waals surface area contributed by atoms with Gasteiger partial charge in [-0.25, -0.2) is 14.4 Å². The Morgan fingerprint density at radius 2 is 1.80 bits per heavy atom. The first kappa shape index (κ1) is 16.1. The molecule has 1 heterocycles. The summed E-state index contributed by atoms with van der Waals surface area (Å²) in [5.41, 5.74) is 2.35. The number of anilines is 2. The SMILES string of the molecule is N#Cc1ccc(Nc2nccc(/C(=N/O)c3ccc(F)cc3)n2)cc1. The second kappa shape index (κ2) is 7.19. The Morgan fingerprint density at radius 3 is 2.44 bits per heavy atom. The number of rotatable bonds is 4. The Labute approximate surface area is 142 Å². The van der Waals surface area contributed by atoms with Crippen molar-refractivity contribution >= 4 is 17.3 Å². The molecule has 0 aliphatic carbocycles. The molecule has 0 spiro atoms. The van der Waals surface area contributed by atoms with Crippen LogP contribution in [0.3, 0.4) is 0 Å². The third-order valence-corrected chi connectivity index (χ3v) is 3.39. The quantitative estimate of drug-likeness (QED) is 0.433. The molecule has 0 atom stereocenters. The maximum atomic E-state index is 13.1. The smallest absolute Gasteiger partial charge is 0.227 e. The largest absolute Gasteiger partial charge is 0.410 e. The summed E-state index contributed by atoms with van der Waals surface area (Å²) in [6.45, 7) is 0. The summed E-state index contributed by atoms with van der Waals surface area (Å²) >= 11 is 0. The van der Waals surface area contributed by atoms with Gasteiger partial charge in [0, 0.05) is 17.4 Å². The minimum absolute atomic E-state index is 0.199. The molecule has 25 heavy (non-hydrogen) atoms. The van der Waals surface area contributed by atoms with Crippen molar-refractivity contribution in [2.45, 2.75) is 0 Å². The number of nitrogens with one attached hydrogen (secondary N) is 1. The van der Waals surface area contributed by atoms with Gasteiger partial charge >= 0.3 is 0 Å². The molecule has 7 heteroatoms. The molecule has 2 N–H and O–H groups in total. The fraction of sp³-hybridized carbons (Fsp3) is 0. The summed E-state index contributed by atoms with van der Waals surface area (Å²) in [4.78, 5) is 8.43. The number of benzene rings is 2. The first-order valence-electron chi connectivity index (χ1n) is 7.28. The van der Waals surface area contributed by atoms with Gasteiger partial charge in [-0.1, -0.05) is 5.16 Å². The minimum atomic E-state index is -0.383. The summed E-state index contributed by atoms with van der Waals surface area (Å²) in [5.74, 6) is -0.0858. The Hall–Kier alpha value is -3.79. The summed E-state index contributed by atoms with van der Waals surface area (Å²) < 4.78 is 13.1. The van der Waals surface area contributed by atoms with Gasteiger partial charge in [0.2, 0.25) is 5.95 Å². The van der Waals surface area contributed by atoms with Gasteiger partial charge in [-0.15, -0.1) is 0 Å². The Bertz CT molecular complexity index is 946. The fourth-order valence-electron chi connectivity index (χ4n) is 2.17. The van der Waals surface area contributed by atoms with Crippen molar-refractivity contribution in [1.29, 1.82) is 5.26 Å². The fourth-order valence-corrected chi connectivity index (χ4v) is 2.17. The molecule has 0 fully saturated rings. The number of oxime groups is 1. The van der Waals surface area contributed by atoms with Crippen LogP contribution < -0.4 is 5.32 Å². The molecule has 0 saturated heterocycles. The first-order valence-corrected chi connectivity index (χ1v) is 7.28. The van der Waals surface area contributed by atoms with Crippen molar-refractivity contribution in [2.24, 2.45) is 5.16 Å². The number of aromatic nitrogens is 2. The van der Waals surface area contributed by atoms with Gasteiger partial charge in [-0.2, -0.15) is 5.26 Å². The van der Waals surface area contributed by atoms with E-state index in [-0.39, 0.29) is 11.5 Å². The van der Waals surface area contributed by atoms with Gasteiger partial charge in [0.15, 0.2) is 0 Å². The highest BCUT2D eigenvalue weighted by molar-refractivity contribution is 6.11. The van der Waals surface area contributed by atoms with Crippen LogP contribution >= 0.6 is 0 Å². The van der Waals surface area contributed by atoms with E-state index in [1.54, 1.807) is 30.3 Å². The molecule has 2 aromatic carbocycles. The van der Waals surface area contributed by atoms with Crippen molar-refractivity contribution in [3.63, 3.8) is 0 Å². The third kappa shape index (κ3) is 3.76. The second-order valence-electron chi connectivity index (χ2n) is 5.04. The van der Waals surface area contributed by atoms with E-state index in [0.29, 0.717) is 28.5 Å². The van der Waals surface area contributed by atoms with Crippen molar-refractivity contribution in [3.8, 4) is 6.07 Å². The maximum Gasteiger partial charge on any atom is 0.227 e. The molecule has 0 amide bonds. The Balaban J connectivity index is 1.87. The van der Waals surface area contributed by atoms with Gasteiger partial charge in [-0.3, -0.25) is 0 Å². The van der Waals surface area contributed by atoms with Crippen molar-refractivity contribution in [3.05, 3.63) is 83.4 Å². The highest BCUT2D eigenvalue weighted by Crippen LogP contribution is 2.15. The number of nitrogens with zero attached hydrogens (tertiary/aromatic N) is 4. The van der Waals surface area contributed by atoms with E-state index in [9.17, 15) is 9.60 Å². The summed E-state index contributed by atoms with van der Waals surface area (Å²) in [7, 11) is 0. The second-order valence-corrected chi connectivity index (χ2v) is 5.04. The van der Waals surface area contributed by atoms with Crippen LogP contribution in [-0.2, 0) is 0 Å². The standard InChI is InChI=1S/C18H12FN5O/c19-14-5-3-13(4-6-14)17(24-25)16-9-10-21-18(23-16)22-15-7-1-12(11-20)2-8-15/h1-10,25H,(H,21,22,23)/b24-17+. The molecule has 122 valence electrons. The van der Waals surface area contributed by atoms with E-state index in [2.05, 4.69) is 20.4 Å². The zero-order valence-electron chi connectivity index (χ0n) is 12.9. The predicted molar refractivity (Wildman–Crippen MR) is 90.3 cm³/mol. The lowest BCUT2D eigenvalue weighted by molar-refractivity contribution is 0.319. The van der Waals surface area contributed by atoms with Crippen LogP contribution in [0.2, 0.25) is 0 Å². The summed E-state index contributed by atoms with van der Waals surface area (Å²) in [6.07, 6.45) is 1.52. The monoisotopic (exact) mass is 333 g/mol. The number of nitriles is 1. The van der Waals surface area contributed by atoms with Crippen molar-refractivity contribution in [1.82, 2.24) is 9.97 Å². The molecule has 6 nitrogen and oxygen atoms in total.